The van der Waals surface area contributed by atoms with E-state index in [2.05, 4.69) is 10.0 Å². The molecule has 0 spiro atoms. The predicted molar refractivity (Wildman–Crippen MR) is 121 cm³/mol. The van der Waals surface area contributed by atoms with E-state index in [1.165, 1.54) is 6.07 Å². The molecule has 0 fully saturated rings. The van der Waals surface area contributed by atoms with Crippen molar-refractivity contribution in [2.45, 2.75) is 57.5 Å². The first-order valence-corrected chi connectivity index (χ1v) is 10.9. The number of carbonyl (C=O) groups excluding carboxylic acids is 1. The molecule has 1 atom stereocenters. The van der Waals surface area contributed by atoms with E-state index in [1.807, 2.05) is 46.8 Å². The molecule has 9 heteroatoms. The van der Waals surface area contributed by atoms with E-state index in [0.717, 1.165) is 27.9 Å². The minimum Gasteiger partial charge on any atom is -0.423 e. The summed E-state index contributed by atoms with van der Waals surface area (Å²) in [6.45, 7) is 9.36. The molecule has 0 aromatic heterocycles. The number of halogens is 1. The molecule has 0 aliphatic carbocycles. The number of benzene rings is 2. The fourth-order valence-corrected chi connectivity index (χ4v) is 4.28. The van der Waals surface area contributed by atoms with Gasteiger partial charge in [0.25, 0.3) is 0 Å². The van der Waals surface area contributed by atoms with E-state index in [4.69, 9.17) is 4.65 Å². The van der Waals surface area contributed by atoms with E-state index >= 15 is 0 Å². The van der Waals surface area contributed by atoms with Crippen molar-refractivity contribution in [2.24, 2.45) is 0 Å². The Hall–Kier alpha value is -2.54. The van der Waals surface area contributed by atoms with Gasteiger partial charge < -0.3 is 15.0 Å². The predicted octanol–water partition coefficient (Wildman–Crippen LogP) is 4.55. The molecule has 6 nitrogen and oxygen atoms in total. The van der Waals surface area contributed by atoms with Crippen LogP contribution in [0.2, 0.25) is 0 Å². The Labute approximate surface area is 186 Å². The molecule has 31 heavy (non-hydrogen) atoms. The molecular weight excluding hydrogens is 416 g/mol. The maximum Gasteiger partial charge on any atom is 0.491 e. The van der Waals surface area contributed by atoms with Gasteiger partial charge in [0.15, 0.2) is 0 Å². The van der Waals surface area contributed by atoms with E-state index in [-0.39, 0.29) is 23.5 Å². The van der Waals surface area contributed by atoms with Gasteiger partial charge in [-0.05, 0) is 65.5 Å². The Morgan fingerprint density at radius 1 is 1.29 bits per heavy atom. The lowest BCUT2D eigenvalue weighted by Crippen LogP contribution is -2.28. The lowest BCUT2D eigenvalue weighted by molar-refractivity contribution is 0.209. The summed E-state index contributed by atoms with van der Waals surface area (Å²) in [4.78, 5) is 13.4. The first kappa shape index (κ1) is 23.1. The van der Waals surface area contributed by atoms with Crippen molar-refractivity contribution >= 4 is 36.2 Å². The third kappa shape index (κ3) is 4.71. The van der Waals surface area contributed by atoms with E-state index in [0.29, 0.717) is 16.8 Å². The standard InChI is InChI=1S/C22H25BFN3O3S/c1-11(2)16-8-14(10-25)20(24)19(12(3)4)21(16)26-22(28)27-31-15-6-7-18-17(9-15)13(5)30-23(18)29/h6-9,11-13,29H,1-5H3,(H2,26,27,28). The Bertz CT molecular complexity index is 1060. The maximum atomic E-state index is 14.9. The van der Waals surface area contributed by atoms with Gasteiger partial charge in [-0.1, -0.05) is 33.8 Å². The summed E-state index contributed by atoms with van der Waals surface area (Å²) in [5.41, 5.74) is 3.00. The molecule has 3 N–H and O–H groups in total. The summed E-state index contributed by atoms with van der Waals surface area (Å²) in [6.07, 6.45) is -0.233. The highest BCUT2D eigenvalue weighted by Crippen LogP contribution is 2.36. The van der Waals surface area contributed by atoms with Crippen molar-refractivity contribution < 1.29 is 18.9 Å². The van der Waals surface area contributed by atoms with Gasteiger partial charge in [0.05, 0.1) is 17.4 Å². The Morgan fingerprint density at radius 3 is 2.61 bits per heavy atom. The molecule has 162 valence electrons. The zero-order valence-corrected chi connectivity index (χ0v) is 18.9. The van der Waals surface area contributed by atoms with Crippen molar-refractivity contribution in [1.29, 1.82) is 5.26 Å². The first-order valence-electron chi connectivity index (χ1n) is 10.1. The highest BCUT2D eigenvalue weighted by Gasteiger charge is 2.32. The van der Waals surface area contributed by atoms with Crippen LogP contribution in [0.25, 0.3) is 0 Å². The van der Waals surface area contributed by atoms with Crippen LogP contribution in [0.1, 0.15) is 74.8 Å². The van der Waals surface area contributed by atoms with Crippen molar-refractivity contribution in [3.8, 4) is 6.07 Å². The van der Waals surface area contributed by atoms with Gasteiger partial charge in [-0.2, -0.15) is 5.26 Å². The van der Waals surface area contributed by atoms with Crippen LogP contribution in [0.5, 0.6) is 0 Å². The quantitative estimate of drug-likeness (QED) is 0.468. The summed E-state index contributed by atoms with van der Waals surface area (Å²) >= 11 is 1.11. The van der Waals surface area contributed by atoms with Gasteiger partial charge in [-0.25, -0.2) is 9.18 Å². The van der Waals surface area contributed by atoms with Gasteiger partial charge in [-0.3, -0.25) is 4.72 Å². The summed E-state index contributed by atoms with van der Waals surface area (Å²) in [6, 6.07) is 8.33. The molecule has 1 unspecified atom stereocenters. The molecule has 0 saturated carbocycles. The number of carbonyl (C=O) groups is 1. The monoisotopic (exact) mass is 441 g/mol. The minimum absolute atomic E-state index is 0.0159. The van der Waals surface area contributed by atoms with Crippen LogP contribution in [-0.4, -0.2) is 18.2 Å². The summed E-state index contributed by atoms with van der Waals surface area (Å²) < 4.78 is 23.0. The van der Waals surface area contributed by atoms with Crippen LogP contribution >= 0.6 is 11.9 Å². The molecular formula is C22H25BFN3O3S. The smallest absolute Gasteiger partial charge is 0.423 e. The summed E-state index contributed by atoms with van der Waals surface area (Å²) in [5.74, 6) is -0.841. The fraction of sp³-hybridized carbons (Fsp3) is 0.364. The second kappa shape index (κ2) is 9.31. The van der Waals surface area contributed by atoms with Crippen LogP contribution in [0, 0.1) is 17.1 Å². The van der Waals surface area contributed by atoms with Gasteiger partial charge in [-0.15, -0.1) is 0 Å². The Morgan fingerprint density at radius 2 is 2.00 bits per heavy atom. The molecule has 3 rings (SSSR count). The first-order chi connectivity index (χ1) is 14.6. The van der Waals surface area contributed by atoms with Gasteiger partial charge in [0.2, 0.25) is 0 Å². The lowest BCUT2D eigenvalue weighted by atomic mass is 9.79. The fourth-order valence-electron chi connectivity index (χ4n) is 3.70. The van der Waals surface area contributed by atoms with Gasteiger partial charge >= 0.3 is 13.1 Å². The van der Waals surface area contributed by atoms with E-state index in [1.54, 1.807) is 12.1 Å². The number of urea groups is 1. The minimum atomic E-state index is -0.935. The average molecular weight is 441 g/mol. The number of anilines is 1. The van der Waals surface area contributed by atoms with Crippen LogP contribution in [0.3, 0.4) is 0 Å². The molecule has 2 aromatic rings. The Balaban J connectivity index is 1.82. The van der Waals surface area contributed by atoms with E-state index < -0.39 is 19.0 Å². The molecule has 2 amide bonds. The topological polar surface area (TPSA) is 94.4 Å². The second-order valence-electron chi connectivity index (χ2n) is 8.12. The highest BCUT2D eigenvalue weighted by molar-refractivity contribution is 7.98. The van der Waals surface area contributed by atoms with Gasteiger partial charge in [0.1, 0.15) is 11.9 Å². The number of amides is 2. The zero-order chi connectivity index (χ0) is 22.9. The van der Waals surface area contributed by atoms with Crippen LogP contribution in [-0.2, 0) is 4.65 Å². The van der Waals surface area contributed by atoms with Crippen molar-refractivity contribution in [3.05, 3.63) is 52.3 Å². The normalized spacial score (nSPS) is 15.2. The van der Waals surface area contributed by atoms with Crippen LogP contribution in [0.4, 0.5) is 14.9 Å². The summed E-state index contributed by atoms with van der Waals surface area (Å²) in [5, 5.41) is 22.0. The number of rotatable bonds is 5. The number of hydrogen-bond acceptors (Lipinski definition) is 5. The molecule has 1 aliphatic rings. The molecule has 0 saturated heterocycles. The number of hydrogen-bond donors (Lipinski definition) is 3. The maximum absolute atomic E-state index is 14.9. The third-order valence-corrected chi connectivity index (χ3v) is 6.02. The molecule has 1 aliphatic heterocycles. The molecule has 1 heterocycles. The highest BCUT2D eigenvalue weighted by atomic mass is 32.2. The third-order valence-electron chi connectivity index (χ3n) is 5.25. The molecule has 2 aromatic carbocycles. The van der Waals surface area contributed by atoms with Gasteiger partial charge in [0, 0.05) is 10.5 Å². The van der Waals surface area contributed by atoms with E-state index in [9.17, 15) is 19.5 Å². The molecule has 0 radical (unpaired) electrons. The second-order valence-corrected chi connectivity index (χ2v) is 9.00. The summed E-state index contributed by atoms with van der Waals surface area (Å²) in [7, 11) is -0.935. The number of nitrogens with one attached hydrogen (secondary N) is 2. The van der Waals surface area contributed by atoms with Crippen LogP contribution < -0.4 is 15.5 Å². The Kier molecular flexibility index (Phi) is 6.94. The van der Waals surface area contributed by atoms with Crippen molar-refractivity contribution in [1.82, 2.24) is 4.72 Å². The number of nitrogens with zero attached hydrogens (tertiary/aromatic N) is 1. The lowest BCUT2D eigenvalue weighted by Gasteiger charge is -2.22. The number of fused-ring (bicyclic) bond motifs is 1. The van der Waals surface area contributed by atoms with Crippen LogP contribution in [0.15, 0.2) is 29.2 Å². The average Bonchev–Trinajstić information content (AvgIpc) is 2.99. The number of nitriles is 1. The van der Waals surface area contributed by atoms with Crippen molar-refractivity contribution in [3.63, 3.8) is 0 Å². The van der Waals surface area contributed by atoms with Crippen molar-refractivity contribution in [2.75, 3.05) is 5.32 Å². The molecule has 0 bridgehead atoms. The largest absolute Gasteiger partial charge is 0.491 e. The SMILES string of the molecule is CC(C)c1cc(C#N)c(F)c(C(C)C)c1NC(=O)NSc1ccc2c(c1)C(C)OB2O. The zero-order valence-electron chi connectivity index (χ0n) is 18.1.